The molecule has 3 heteroatoms. The number of hydrogen-bond acceptors (Lipinski definition) is 2. The quantitative estimate of drug-likeness (QED) is 0.682. The van der Waals surface area contributed by atoms with Crippen molar-refractivity contribution < 1.29 is 0 Å². The van der Waals surface area contributed by atoms with E-state index < -0.39 is 0 Å². The minimum absolute atomic E-state index is 0. The molecule has 0 spiro atoms. The Morgan fingerprint density at radius 2 is 1.62 bits per heavy atom. The maximum Gasteiger partial charge on any atom is 0.0672 e. The molecule has 1 saturated heterocycles. The third-order valence-corrected chi connectivity index (χ3v) is 4.68. The highest BCUT2D eigenvalue weighted by Gasteiger charge is 2.31. The third-order valence-electron chi connectivity index (χ3n) is 4.68. The van der Waals surface area contributed by atoms with Gasteiger partial charge in [-0.3, -0.25) is 0 Å². The average Bonchev–Trinajstić information content (AvgIpc) is 2.61. The van der Waals surface area contributed by atoms with Gasteiger partial charge in [-0.15, -0.1) is 0 Å². The summed E-state index contributed by atoms with van der Waals surface area (Å²) in [6, 6.07) is 18.4. The fourth-order valence-electron chi connectivity index (χ4n) is 3.64. The Kier molecular flexibility index (Phi) is 3.87. The number of anilines is 1. The highest BCUT2D eigenvalue weighted by atomic mass is 28.1. The first-order chi connectivity index (χ1) is 9.83. The molecule has 1 atom stereocenters. The number of nitrogens with zero attached hydrogens (tertiary/aromatic N) is 2. The van der Waals surface area contributed by atoms with E-state index >= 15 is 0 Å². The zero-order valence-electron chi connectivity index (χ0n) is 11.9. The highest BCUT2D eigenvalue weighted by molar-refractivity contribution is 5.75. The minimum atomic E-state index is 0. The van der Waals surface area contributed by atoms with E-state index in [0.29, 0.717) is 6.04 Å². The number of hydrogen-bond donors (Lipinski definition) is 0. The number of piperazine rings is 1. The van der Waals surface area contributed by atoms with Crippen LogP contribution in [0.1, 0.15) is 22.7 Å². The first kappa shape index (κ1) is 14.4. The van der Waals surface area contributed by atoms with Gasteiger partial charge >= 0.3 is 0 Å². The molecule has 2 aromatic rings. The number of likely N-dealkylation sites (N-methyl/N-ethyl adjacent to an activating group) is 1. The third kappa shape index (κ3) is 2.41. The predicted molar refractivity (Wildman–Crippen MR) is 94.6 cm³/mol. The topological polar surface area (TPSA) is 6.48 Å². The van der Waals surface area contributed by atoms with Crippen molar-refractivity contribution in [3.8, 4) is 0 Å². The predicted octanol–water partition coefficient (Wildman–Crippen LogP) is 1.63. The Balaban J connectivity index is 0.00000132. The zero-order valence-corrected chi connectivity index (χ0v) is 11.9. The van der Waals surface area contributed by atoms with Gasteiger partial charge in [-0.1, -0.05) is 42.5 Å². The molecular weight excluding hydrogens is 272 g/mol. The molecule has 1 fully saturated rings. The van der Waals surface area contributed by atoms with E-state index in [0.717, 1.165) is 26.1 Å². The molecule has 0 bridgehead atoms. The molecule has 0 N–H and O–H groups in total. The fourth-order valence-corrected chi connectivity index (χ4v) is 3.64. The van der Waals surface area contributed by atoms with Gasteiger partial charge in [0.05, 0.1) is 6.04 Å². The normalized spacial score (nSPS) is 20.6. The summed E-state index contributed by atoms with van der Waals surface area (Å²) in [5.41, 5.74) is 5.90. The fraction of sp³-hybridized carbons (Fsp3) is 0.333. The van der Waals surface area contributed by atoms with Crippen molar-refractivity contribution in [3.05, 3.63) is 65.2 Å². The van der Waals surface area contributed by atoms with Crippen LogP contribution >= 0.6 is 0 Å². The first-order valence-electron chi connectivity index (χ1n) is 7.44. The van der Waals surface area contributed by atoms with Gasteiger partial charge in [0.15, 0.2) is 0 Å². The van der Waals surface area contributed by atoms with Crippen LogP contribution in [0.2, 0.25) is 0 Å². The Morgan fingerprint density at radius 1 is 0.905 bits per heavy atom. The Bertz CT molecular complexity index is 641. The Morgan fingerprint density at radius 3 is 2.48 bits per heavy atom. The van der Waals surface area contributed by atoms with E-state index in [1.807, 2.05) is 0 Å². The van der Waals surface area contributed by atoms with Crippen molar-refractivity contribution in [1.82, 2.24) is 4.90 Å². The van der Waals surface area contributed by atoms with Crippen LogP contribution in [0.25, 0.3) is 0 Å². The maximum absolute atomic E-state index is 2.61. The van der Waals surface area contributed by atoms with Gasteiger partial charge in [0.25, 0.3) is 0 Å². The number of rotatable bonds is 0. The summed E-state index contributed by atoms with van der Waals surface area (Å²) in [5.74, 6) is 0. The van der Waals surface area contributed by atoms with E-state index in [-0.39, 0.29) is 11.0 Å². The Labute approximate surface area is 131 Å². The van der Waals surface area contributed by atoms with E-state index in [2.05, 4.69) is 65.4 Å². The minimum Gasteiger partial charge on any atom is -0.362 e. The van der Waals surface area contributed by atoms with Crippen molar-refractivity contribution in [3.63, 3.8) is 0 Å². The van der Waals surface area contributed by atoms with Crippen molar-refractivity contribution in [2.75, 3.05) is 31.6 Å². The monoisotopic (exact) mass is 296 g/mol. The van der Waals surface area contributed by atoms with Gasteiger partial charge in [-0.25, -0.2) is 0 Å². The van der Waals surface area contributed by atoms with Gasteiger partial charge in [0.1, 0.15) is 0 Å². The summed E-state index contributed by atoms with van der Waals surface area (Å²) in [6.07, 6.45) is 1.06. The second kappa shape index (κ2) is 5.66. The molecule has 2 heterocycles. The molecule has 4 rings (SSSR count). The van der Waals surface area contributed by atoms with Gasteiger partial charge in [0.2, 0.25) is 0 Å². The summed E-state index contributed by atoms with van der Waals surface area (Å²) in [6.45, 7) is 3.38. The van der Waals surface area contributed by atoms with Crippen molar-refractivity contribution >= 4 is 16.7 Å². The van der Waals surface area contributed by atoms with Crippen LogP contribution in [0.15, 0.2) is 48.5 Å². The average molecular weight is 296 g/mol. The van der Waals surface area contributed by atoms with Crippen molar-refractivity contribution in [1.29, 1.82) is 0 Å². The Hall–Kier alpha value is -1.58. The van der Waals surface area contributed by atoms with Crippen LogP contribution in [-0.2, 0) is 6.42 Å². The van der Waals surface area contributed by atoms with E-state index in [1.165, 1.54) is 22.4 Å². The molecule has 2 aliphatic rings. The lowest BCUT2D eigenvalue weighted by Gasteiger charge is -2.41. The zero-order chi connectivity index (χ0) is 13.5. The maximum atomic E-state index is 2.61. The summed E-state index contributed by atoms with van der Waals surface area (Å²) in [7, 11) is 2.23. The van der Waals surface area contributed by atoms with Crippen molar-refractivity contribution in [2.45, 2.75) is 12.5 Å². The first-order valence-corrected chi connectivity index (χ1v) is 7.44. The van der Waals surface area contributed by atoms with Crippen LogP contribution in [0.4, 0.5) is 5.69 Å². The molecule has 110 valence electrons. The highest BCUT2D eigenvalue weighted by Crippen LogP contribution is 2.38. The second-order valence-electron chi connectivity index (χ2n) is 5.98. The molecule has 21 heavy (non-hydrogen) atoms. The number of benzene rings is 2. The number of fused-ring (bicyclic) bond motifs is 5. The lowest BCUT2D eigenvalue weighted by molar-refractivity contribution is 0.269. The molecule has 2 nitrogen and oxygen atoms in total. The molecular formula is C18H24N2Si. The molecule has 0 aliphatic carbocycles. The summed E-state index contributed by atoms with van der Waals surface area (Å²) in [5, 5.41) is 0. The number of para-hydroxylation sites is 1. The van der Waals surface area contributed by atoms with Crippen LogP contribution in [-0.4, -0.2) is 42.5 Å². The second-order valence-corrected chi connectivity index (χ2v) is 5.98. The standard InChI is InChI=1S/C18H20N2.H4Si/c1-19-10-11-20-17-9-5-3-7-15(17)12-14-6-2-4-8-16(14)18(20)13-19;/h2-9,18H,10-13H2,1H3;1H4. The summed E-state index contributed by atoms with van der Waals surface area (Å²) >= 11 is 0. The van der Waals surface area contributed by atoms with E-state index in [1.54, 1.807) is 0 Å². The van der Waals surface area contributed by atoms with Gasteiger partial charge < -0.3 is 9.80 Å². The summed E-state index contributed by atoms with van der Waals surface area (Å²) < 4.78 is 0. The molecule has 2 aromatic carbocycles. The molecule has 0 amide bonds. The van der Waals surface area contributed by atoms with Gasteiger partial charge in [-0.2, -0.15) is 0 Å². The van der Waals surface area contributed by atoms with Crippen LogP contribution < -0.4 is 4.90 Å². The van der Waals surface area contributed by atoms with Crippen LogP contribution in [0.5, 0.6) is 0 Å². The van der Waals surface area contributed by atoms with Gasteiger partial charge in [0, 0.05) is 25.3 Å². The molecule has 0 radical (unpaired) electrons. The van der Waals surface area contributed by atoms with E-state index in [4.69, 9.17) is 0 Å². The molecule has 2 aliphatic heterocycles. The smallest absolute Gasteiger partial charge is 0.0672 e. The molecule has 0 saturated carbocycles. The molecule has 0 aromatic heterocycles. The largest absolute Gasteiger partial charge is 0.362 e. The van der Waals surface area contributed by atoms with E-state index in [9.17, 15) is 0 Å². The molecule has 1 unspecified atom stereocenters. The lowest BCUT2D eigenvalue weighted by Crippen LogP contribution is -2.46. The summed E-state index contributed by atoms with van der Waals surface area (Å²) in [4.78, 5) is 5.06. The van der Waals surface area contributed by atoms with Crippen molar-refractivity contribution in [2.24, 2.45) is 0 Å². The SMILES string of the molecule is CN1CCN2c3ccccc3Cc3ccccc3C2C1.[SiH4]. The van der Waals surface area contributed by atoms with Crippen LogP contribution in [0.3, 0.4) is 0 Å². The van der Waals surface area contributed by atoms with Gasteiger partial charge in [-0.05, 0) is 47.2 Å². The van der Waals surface area contributed by atoms with Crippen LogP contribution in [0, 0.1) is 0 Å². The lowest BCUT2D eigenvalue weighted by atomic mass is 9.96.